The van der Waals surface area contributed by atoms with Crippen LogP contribution in [0.15, 0.2) is 43.0 Å². The van der Waals surface area contributed by atoms with Crippen molar-refractivity contribution in [3.05, 3.63) is 65.6 Å². The first kappa shape index (κ1) is 14.0. The van der Waals surface area contributed by atoms with E-state index >= 15 is 0 Å². The third-order valence-corrected chi connectivity index (χ3v) is 4.11. The van der Waals surface area contributed by atoms with E-state index in [9.17, 15) is 0 Å². The summed E-state index contributed by atoms with van der Waals surface area (Å²) in [6.45, 7) is 4.38. The number of hydrogen-bond donors (Lipinski definition) is 0. The molecule has 0 saturated heterocycles. The molecule has 0 bridgehead atoms. The SMILES string of the molecule is CC(C)Cc1ncc2c(n1)CC=C2c1ccc2ncncc2c1. The van der Waals surface area contributed by atoms with E-state index in [4.69, 9.17) is 4.98 Å². The molecule has 0 saturated carbocycles. The van der Waals surface area contributed by atoms with Crippen molar-refractivity contribution in [2.24, 2.45) is 5.92 Å². The normalized spacial score (nSPS) is 13.4. The van der Waals surface area contributed by atoms with Crippen molar-refractivity contribution in [2.75, 3.05) is 0 Å². The highest BCUT2D eigenvalue weighted by molar-refractivity contribution is 5.89. The summed E-state index contributed by atoms with van der Waals surface area (Å²) in [5, 5.41) is 1.05. The molecule has 23 heavy (non-hydrogen) atoms. The summed E-state index contributed by atoms with van der Waals surface area (Å²) in [6, 6.07) is 6.29. The second kappa shape index (κ2) is 5.54. The van der Waals surface area contributed by atoms with Crippen LogP contribution in [0.4, 0.5) is 0 Å². The zero-order chi connectivity index (χ0) is 15.8. The maximum absolute atomic E-state index is 4.74. The van der Waals surface area contributed by atoms with Gasteiger partial charge in [0.1, 0.15) is 12.2 Å². The first-order valence-corrected chi connectivity index (χ1v) is 7.96. The molecule has 0 aliphatic heterocycles. The average Bonchev–Trinajstić information content (AvgIpc) is 2.97. The Morgan fingerprint density at radius 2 is 2.04 bits per heavy atom. The van der Waals surface area contributed by atoms with Gasteiger partial charge in [0.05, 0.1) is 11.2 Å². The maximum atomic E-state index is 4.74. The monoisotopic (exact) mass is 302 g/mol. The molecule has 0 radical (unpaired) electrons. The third kappa shape index (κ3) is 2.61. The molecular weight excluding hydrogens is 284 g/mol. The molecule has 0 unspecified atom stereocenters. The highest BCUT2D eigenvalue weighted by Gasteiger charge is 2.18. The number of hydrogen-bond acceptors (Lipinski definition) is 4. The Morgan fingerprint density at radius 1 is 1.13 bits per heavy atom. The number of benzene rings is 1. The second-order valence-corrected chi connectivity index (χ2v) is 6.36. The van der Waals surface area contributed by atoms with Crippen molar-refractivity contribution < 1.29 is 0 Å². The third-order valence-electron chi connectivity index (χ3n) is 4.11. The summed E-state index contributed by atoms with van der Waals surface area (Å²) in [5.74, 6) is 1.52. The van der Waals surface area contributed by atoms with E-state index < -0.39 is 0 Å². The van der Waals surface area contributed by atoms with E-state index in [0.29, 0.717) is 5.92 Å². The number of aromatic nitrogens is 4. The fourth-order valence-corrected chi connectivity index (χ4v) is 3.04. The highest BCUT2D eigenvalue weighted by Crippen LogP contribution is 2.32. The van der Waals surface area contributed by atoms with Crippen molar-refractivity contribution in [1.29, 1.82) is 0 Å². The van der Waals surface area contributed by atoms with Crippen molar-refractivity contribution in [1.82, 2.24) is 19.9 Å². The molecule has 2 aromatic heterocycles. The number of nitrogens with zero attached hydrogens (tertiary/aromatic N) is 4. The zero-order valence-corrected chi connectivity index (χ0v) is 13.3. The van der Waals surface area contributed by atoms with Gasteiger partial charge < -0.3 is 0 Å². The van der Waals surface area contributed by atoms with Gasteiger partial charge in [-0.2, -0.15) is 0 Å². The van der Waals surface area contributed by atoms with E-state index in [1.54, 1.807) is 6.33 Å². The fourth-order valence-electron chi connectivity index (χ4n) is 3.04. The van der Waals surface area contributed by atoms with Crippen LogP contribution in [-0.2, 0) is 12.8 Å². The minimum atomic E-state index is 0.572. The van der Waals surface area contributed by atoms with E-state index in [1.807, 2.05) is 18.5 Å². The topological polar surface area (TPSA) is 51.6 Å². The van der Waals surface area contributed by atoms with Crippen molar-refractivity contribution in [3.8, 4) is 0 Å². The Hall–Kier alpha value is -2.62. The first-order valence-electron chi connectivity index (χ1n) is 7.96. The van der Waals surface area contributed by atoms with Crippen LogP contribution in [0.2, 0.25) is 0 Å². The average molecular weight is 302 g/mol. The predicted octanol–water partition coefficient (Wildman–Crippen LogP) is 3.61. The largest absolute Gasteiger partial charge is 0.244 e. The number of allylic oxidation sites excluding steroid dienone is 1. The summed E-state index contributed by atoms with van der Waals surface area (Å²) < 4.78 is 0. The van der Waals surface area contributed by atoms with Crippen molar-refractivity contribution in [2.45, 2.75) is 26.7 Å². The fraction of sp³-hybridized carbons (Fsp3) is 0.263. The van der Waals surface area contributed by atoms with Crippen LogP contribution in [0.5, 0.6) is 0 Å². The van der Waals surface area contributed by atoms with Crippen molar-refractivity contribution >= 4 is 16.5 Å². The smallest absolute Gasteiger partial charge is 0.128 e. The minimum absolute atomic E-state index is 0.572. The highest BCUT2D eigenvalue weighted by atomic mass is 14.9. The molecule has 0 fully saturated rings. The lowest BCUT2D eigenvalue weighted by Gasteiger charge is -2.09. The Morgan fingerprint density at radius 3 is 2.91 bits per heavy atom. The van der Waals surface area contributed by atoms with Gasteiger partial charge in [-0.3, -0.25) is 0 Å². The molecule has 2 heterocycles. The zero-order valence-electron chi connectivity index (χ0n) is 13.3. The van der Waals surface area contributed by atoms with Crippen LogP contribution in [-0.4, -0.2) is 19.9 Å². The molecular formula is C19H18N4. The molecule has 1 aliphatic rings. The lowest BCUT2D eigenvalue weighted by Crippen LogP contribution is -2.04. The molecule has 0 spiro atoms. The van der Waals surface area contributed by atoms with Gasteiger partial charge in [0.2, 0.25) is 0 Å². The maximum Gasteiger partial charge on any atom is 0.128 e. The molecule has 1 aliphatic carbocycles. The number of fused-ring (bicyclic) bond motifs is 2. The molecule has 4 heteroatoms. The molecule has 3 aromatic rings. The Labute approximate surface area is 135 Å². The Balaban J connectivity index is 1.71. The summed E-state index contributed by atoms with van der Waals surface area (Å²) in [4.78, 5) is 17.7. The molecule has 1 aromatic carbocycles. The summed E-state index contributed by atoms with van der Waals surface area (Å²) >= 11 is 0. The van der Waals surface area contributed by atoms with Crippen molar-refractivity contribution in [3.63, 3.8) is 0 Å². The van der Waals surface area contributed by atoms with Gasteiger partial charge in [-0.05, 0) is 29.2 Å². The standard InChI is InChI=1S/C19H18N4/c1-12(2)7-19-21-10-16-15(4-6-18(16)23-19)13-3-5-17-14(8-13)9-20-11-22-17/h3-5,8-12H,6-7H2,1-2H3. The van der Waals surface area contributed by atoms with Gasteiger partial charge in [-0.15, -0.1) is 0 Å². The van der Waals surface area contributed by atoms with Gasteiger partial charge in [0.15, 0.2) is 0 Å². The van der Waals surface area contributed by atoms with Crippen LogP contribution in [0, 0.1) is 5.92 Å². The second-order valence-electron chi connectivity index (χ2n) is 6.36. The number of rotatable bonds is 3. The lowest BCUT2D eigenvalue weighted by atomic mass is 10.0. The van der Waals surface area contributed by atoms with Crippen LogP contribution in [0.25, 0.3) is 16.5 Å². The molecule has 0 N–H and O–H groups in total. The summed E-state index contributed by atoms with van der Waals surface area (Å²) in [5.41, 5.74) is 5.63. The first-order chi connectivity index (χ1) is 11.2. The molecule has 114 valence electrons. The van der Waals surface area contributed by atoms with E-state index in [1.165, 1.54) is 11.1 Å². The van der Waals surface area contributed by atoms with Crippen LogP contribution < -0.4 is 0 Å². The Kier molecular flexibility index (Phi) is 3.37. The van der Waals surface area contributed by atoms with E-state index in [2.05, 4.69) is 47.0 Å². The lowest BCUT2D eigenvalue weighted by molar-refractivity contribution is 0.618. The van der Waals surface area contributed by atoms with Crippen LogP contribution in [0.3, 0.4) is 0 Å². The predicted molar refractivity (Wildman–Crippen MR) is 90.9 cm³/mol. The molecule has 0 atom stereocenters. The van der Waals surface area contributed by atoms with Crippen LogP contribution in [0.1, 0.15) is 36.5 Å². The minimum Gasteiger partial charge on any atom is -0.244 e. The van der Waals surface area contributed by atoms with Crippen LogP contribution >= 0.6 is 0 Å². The summed E-state index contributed by atoms with van der Waals surface area (Å²) in [6.07, 6.45) is 9.45. The molecule has 4 nitrogen and oxygen atoms in total. The van der Waals surface area contributed by atoms with Gasteiger partial charge in [-0.25, -0.2) is 19.9 Å². The van der Waals surface area contributed by atoms with E-state index in [-0.39, 0.29) is 0 Å². The van der Waals surface area contributed by atoms with Gasteiger partial charge in [-0.1, -0.05) is 26.0 Å². The van der Waals surface area contributed by atoms with Gasteiger partial charge in [0, 0.05) is 36.2 Å². The quantitative estimate of drug-likeness (QED) is 0.741. The molecule has 0 amide bonds. The Bertz CT molecular complexity index is 912. The van der Waals surface area contributed by atoms with E-state index in [0.717, 1.165) is 40.8 Å². The van der Waals surface area contributed by atoms with Gasteiger partial charge >= 0.3 is 0 Å². The summed E-state index contributed by atoms with van der Waals surface area (Å²) in [7, 11) is 0. The molecule has 4 rings (SSSR count). The van der Waals surface area contributed by atoms with Gasteiger partial charge in [0.25, 0.3) is 0 Å².